The van der Waals surface area contributed by atoms with Crippen molar-refractivity contribution < 1.29 is 35.9 Å². The fourth-order valence-electron chi connectivity index (χ4n) is 6.03. The largest absolute Gasteiger partial charge is 0.496 e. The van der Waals surface area contributed by atoms with Gasteiger partial charge >= 0.3 is 6.18 Å². The molecule has 0 N–H and O–H groups in total. The highest BCUT2D eigenvalue weighted by Gasteiger charge is 2.42. The fourth-order valence-corrected chi connectivity index (χ4v) is 6.80. The number of carbonyl (C=O) groups excluding carboxylic acids is 2. The average molecular weight is 644 g/mol. The summed E-state index contributed by atoms with van der Waals surface area (Å²) in [5, 5.41) is 0.539. The monoisotopic (exact) mass is 643 g/mol. The van der Waals surface area contributed by atoms with Gasteiger partial charge in [0.2, 0.25) is 5.91 Å². The van der Waals surface area contributed by atoms with Crippen molar-refractivity contribution in [2.75, 3.05) is 58.9 Å². The van der Waals surface area contributed by atoms with Crippen molar-refractivity contribution in [1.29, 1.82) is 0 Å². The second-order valence-electron chi connectivity index (χ2n) is 11.4. The third kappa shape index (κ3) is 8.21. The van der Waals surface area contributed by atoms with Crippen LogP contribution in [0.25, 0.3) is 0 Å². The second-order valence-corrected chi connectivity index (χ2v) is 14.1. The third-order valence-corrected chi connectivity index (χ3v) is 9.68. The lowest BCUT2D eigenvalue weighted by molar-refractivity contribution is -0.139. The van der Waals surface area contributed by atoms with Gasteiger partial charge in [-0.15, -0.1) is 0 Å². The molecule has 2 aliphatic heterocycles. The van der Waals surface area contributed by atoms with Crippen molar-refractivity contribution >= 4 is 33.3 Å². The molecule has 0 saturated carbocycles. The lowest BCUT2D eigenvalue weighted by Gasteiger charge is -2.33. The van der Waals surface area contributed by atoms with Gasteiger partial charge in [-0.3, -0.25) is 9.59 Å². The molecule has 0 spiro atoms. The first-order chi connectivity index (χ1) is 20.2. The van der Waals surface area contributed by atoms with Crippen molar-refractivity contribution in [3.05, 3.63) is 64.2 Å². The molecule has 2 aromatic carbocycles. The second kappa shape index (κ2) is 13.4. The number of benzene rings is 2. The van der Waals surface area contributed by atoms with Gasteiger partial charge in [0, 0.05) is 48.8 Å². The number of halogens is 4. The molecule has 0 unspecified atom stereocenters. The van der Waals surface area contributed by atoms with Crippen LogP contribution in [0, 0.1) is 5.92 Å². The third-order valence-electron chi connectivity index (χ3n) is 8.39. The van der Waals surface area contributed by atoms with Crippen LogP contribution < -0.4 is 4.74 Å². The van der Waals surface area contributed by atoms with Crippen LogP contribution in [0.4, 0.5) is 13.2 Å². The first kappa shape index (κ1) is 33.1. The van der Waals surface area contributed by atoms with E-state index in [1.54, 1.807) is 24.1 Å². The SMILES string of the molecule is COc1ccc(C(=O)N(C)[C@@H]2CN(C(=O)C3CCN(CCCS(C)(=O)=O)CC3)C[C@H]2c2ccc(Cl)cc2)cc1C(F)(F)F. The summed E-state index contributed by atoms with van der Waals surface area (Å²) >= 11 is 6.11. The molecular formula is C30H37ClF3N3O5S. The summed E-state index contributed by atoms with van der Waals surface area (Å²) in [5.41, 5.74) is -0.288. The topological polar surface area (TPSA) is 87.2 Å². The minimum absolute atomic E-state index is 0.0121. The Morgan fingerprint density at radius 3 is 2.30 bits per heavy atom. The normalized spacial score (nSPS) is 20.3. The zero-order chi connectivity index (χ0) is 31.5. The Bertz CT molecular complexity index is 1410. The molecule has 0 aromatic heterocycles. The predicted octanol–water partition coefficient (Wildman–Crippen LogP) is 4.58. The number of nitrogens with zero attached hydrogens (tertiary/aromatic N) is 3. The molecule has 2 atom stereocenters. The Kier molecular flexibility index (Phi) is 10.3. The Morgan fingerprint density at radius 1 is 1.07 bits per heavy atom. The first-order valence-electron chi connectivity index (χ1n) is 14.1. The molecule has 0 radical (unpaired) electrons. The molecule has 2 heterocycles. The number of piperidine rings is 1. The van der Waals surface area contributed by atoms with E-state index in [0.717, 1.165) is 24.8 Å². The zero-order valence-electron chi connectivity index (χ0n) is 24.4. The van der Waals surface area contributed by atoms with Crippen molar-refractivity contribution in [3.8, 4) is 5.75 Å². The zero-order valence-corrected chi connectivity index (χ0v) is 26.0. The molecule has 43 heavy (non-hydrogen) atoms. The highest BCUT2D eigenvalue weighted by molar-refractivity contribution is 7.90. The summed E-state index contributed by atoms with van der Waals surface area (Å²) in [4.78, 5) is 32.6. The molecule has 2 saturated heterocycles. The van der Waals surface area contributed by atoms with Crippen LogP contribution >= 0.6 is 11.6 Å². The highest BCUT2D eigenvalue weighted by atomic mass is 35.5. The molecule has 0 aliphatic carbocycles. The average Bonchev–Trinajstić information content (AvgIpc) is 3.41. The van der Waals surface area contributed by atoms with Gasteiger partial charge in [0.1, 0.15) is 15.6 Å². The van der Waals surface area contributed by atoms with Gasteiger partial charge in [0.15, 0.2) is 0 Å². The van der Waals surface area contributed by atoms with Crippen LogP contribution in [0.2, 0.25) is 5.02 Å². The summed E-state index contributed by atoms with van der Waals surface area (Å²) in [6, 6.07) is 9.93. The number of likely N-dealkylation sites (N-methyl/N-ethyl adjacent to an activating group) is 1. The number of alkyl halides is 3. The molecule has 2 aliphatic rings. The van der Waals surface area contributed by atoms with Gasteiger partial charge in [0.05, 0.1) is 24.5 Å². The lowest BCUT2D eigenvalue weighted by atomic mass is 9.93. The van der Waals surface area contributed by atoms with Crippen LogP contribution in [0.5, 0.6) is 5.75 Å². The summed E-state index contributed by atoms with van der Waals surface area (Å²) < 4.78 is 68.7. The summed E-state index contributed by atoms with van der Waals surface area (Å²) in [6.07, 6.45) is -1.64. The van der Waals surface area contributed by atoms with Crippen LogP contribution in [-0.2, 0) is 20.8 Å². The molecule has 4 rings (SSSR count). The highest BCUT2D eigenvalue weighted by Crippen LogP contribution is 2.38. The first-order valence-corrected chi connectivity index (χ1v) is 16.6. The van der Waals surface area contributed by atoms with Gasteiger partial charge in [-0.25, -0.2) is 8.42 Å². The Balaban J connectivity index is 1.50. The molecule has 2 amide bonds. The summed E-state index contributed by atoms with van der Waals surface area (Å²) in [7, 11) is -0.325. The van der Waals surface area contributed by atoms with E-state index in [-0.39, 0.29) is 41.4 Å². The summed E-state index contributed by atoms with van der Waals surface area (Å²) in [5.74, 6) is -1.31. The Hall–Kier alpha value is -2.83. The van der Waals surface area contributed by atoms with E-state index in [1.807, 2.05) is 12.1 Å². The van der Waals surface area contributed by atoms with E-state index in [0.29, 0.717) is 50.5 Å². The van der Waals surface area contributed by atoms with Crippen LogP contribution in [-0.4, -0.2) is 99.9 Å². The molecule has 2 aromatic rings. The van der Waals surface area contributed by atoms with Crippen molar-refractivity contribution in [2.24, 2.45) is 5.92 Å². The number of hydrogen-bond acceptors (Lipinski definition) is 6. The maximum atomic E-state index is 13.7. The number of methoxy groups -OCH3 is 1. The predicted molar refractivity (Wildman–Crippen MR) is 158 cm³/mol. The van der Waals surface area contributed by atoms with Crippen LogP contribution in [0.1, 0.15) is 46.7 Å². The number of sulfone groups is 1. The molecule has 2 fully saturated rings. The van der Waals surface area contributed by atoms with Gasteiger partial charge in [-0.05, 0) is 74.8 Å². The Labute approximate surface area is 255 Å². The number of rotatable bonds is 9. The molecular weight excluding hydrogens is 607 g/mol. The van der Waals surface area contributed by atoms with E-state index in [9.17, 15) is 31.2 Å². The molecule has 0 bridgehead atoms. The summed E-state index contributed by atoms with van der Waals surface area (Å²) in [6.45, 7) is 2.64. The fraction of sp³-hybridized carbons (Fsp3) is 0.533. The van der Waals surface area contributed by atoms with Gasteiger partial charge in [-0.1, -0.05) is 23.7 Å². The lowest BCUT2D eigenvalue weighted by Crippen LogP contribution is -2.44. The quantitative estimate of drug-likeness (QED) is 0.398. The van der Waals surface area contributed by atoms with E-state index in [4.69, 9.17) is 16.3 Å². The van der Waals surface area contributed by atoms with Gasteiger partial charge in [0.25, 0.3) is 5.91 Å². The number of amides is 2. The van der Waals surface area contributed by atoms with Crippen molar-refractivity contribution in [1.82, 2.24) is 14.7 Å². The van der Waals surface area contributed by atoms with E-state index < -0.39 is 33.5 Å². The van der Waals surface area contributed by atoms with E-state index in [2.05, 4.69) is 4.90 Å². The number of likely N-dealkylation sites (tertiary alicyclic amines) is 2. The number of hydrogen-bond donors (Lipinski definition) is 0. The Morgan fingerprint density at radius 2 is 1.72 bits per heavy atom. The molecule has 13 heteroatoms. The smallest absolute Gasteiger partial charge is 0.419 e. The van der Waals surface area contributed by atoms with Gasteiger partial charge in [-0.2, -0.15) is 13.2 Å². The maximum Gasteiger partial charge on any atom is 0.419 e. The van der Waals surface area contributed by atoms with Crippen LogP contribution in [0.3, 0.4) is 0 Å². The van der Waals surface area contributed by atoms with E-state index >= 15 is 0 Å². The minimum Gasteiger partial charge on any atom is -0.496 e. The minimum atomic E-state index is -4.70. The molecule has 8 nitrogen and oxygen atoms in total. The van der Waals surface area contributed by atoms with Gasteiger partial charge < -0.3 is 19.4 Å². The standard InChI is InChI=1S/C30H37ClF3N3O5S/c1-35(28(38)22-7-10-27(42-2)25(17-22)30(32,33)34)26-19-37(18-24(26)20-5-8-23(31)9-6-20)29(39)21-11-14-36(15-12-21)13-4-16-43(3,40)41/h5-10,17,21,24,26H,4,11-16,18-19H2,1-3H3/t24-,26+/m0/s1. The van der Waals surface area contributed by atoms with Crippen molar-refractivity contribution in [3.63, 3.8) is 0 Å². The number of ether oxygens (including phenoxy) is 1. The molecule has 236 valence electrons. The van der Waals surface area contributed by atoms with E-state index in [1.165, 1.54) is 17.2 Å². The van der Waals surface area contributed by atoms with Crippen molar-refractivity contribution in [2.45, 2.75) is 37.4 Å². The number of carbonyl (C=O) groups is 2. The maximum absolute atomic E-state index is 13.7. The van der Waals surface area contributed by atoms with Crippen LogP contribution in [0.15, 0.2) is 42.5 Å².